The molecular weight excluding hydrogens is 853 g/mol. The van der Waals surface area contributed by atoms with Gasteiger partial charge in [-0.15, -0.1) is 0 Å². The van der Waals surface area contributed by atoms with E-state index >= 15 is 0 Å². The molecule has 5 unspecified atom stereocenters. The van der Waals surface area contributed by atoms with Gasteiger partial charge in [-0.3, -0.25) is 32.5 Å². The van der Waals surface area contributed by atoms with Crippen LogP contribution >= 0.6 is 23.5 Å². The summed E-state index contributed by atoms with van der Waals surface area (Å²) in [4.78, 5) is 91.2. The number of fused-ring (bicyclic) bond motifs is 2. The molecule has 2 aromatic heterocycles. The van der Waals surface area contributed by atoms with Crippen LogP contribution in [0.15, 0.2) is 36.7 Å². The number of hydrogen-bond donors (Lipinski definition) is 10. The molecule has 11 atom stereocenters. The maximum absolute atomic E-state index is 13.2. The predicted molar refractivity (Wildman–Crippen MR) is 180 cm³/mol. The third-order valence-corrected chi connectivity index (χ3v) is 11.9. The van der Waals surface area contributed by atoms with Crippen molar-refractivity contribution in [3.8, 4) is 0 Å². The zero-order valence-corrected chi connectivity index (χ0v) is 31.8. The van der Waals surface area contributed by atoms with Crippen molar-refractivity contribution in [2.45, 2.75) is 73.8 Å². The van der Waals surface area contributed by atoms with Crippen LogP contribution in [0, 0.1) is 0 Å². The molecule has 0 aromatic carbocycles. The lowest BCUT2D eigenvalue weighted by Gasteiger charge is -2.39. The summed E-state index contributed by atoms with van der Waals surface area (Å²) >= 11 is 0. The smallest absolute Gasteiger partial charge is 0.423 e. The van der Waals surface area contributed by atoms with E-state index < -0.39 is 122 Å². The Labute approximate surface area is 323 Å². The number of ether oxygens (including phenoxy) is 4. The van der Waals surface area contributed by atoms with Crippen molar-refractivity contribution in [2.75, 3.05) is 18.9 Å². The van der Waals surface area contributed by atoms with Crippen LogP contribution < -0.4 is 17.2 Å². The maximum Gasteiger partial charge on any atom is 0.481 e. The Kier molecular flexibility index (Phi) is 12.0. The number of rotatable bonds is 13. The number of imidazole rings is 1. The Morgan fingerprint density at radius 3 is 2.41 bits per heavy atom. The second-order valence-corrected chi connectivity index (χ2v) is 17.0. The van der Waals surface area contributed by atoms with E-state index in [0.717, 1.165) is 17.2 Å². The summed E-state index contributed by atoms with van der Waals surface area (Å²) in [5.41, 5.74) is 16.6. The van der Waals surface area contributed by atoms with Gasteiger partial charge in [0.15, 0.2) is 30.0 Å². The van der Waals surface area contributed by atoms with Gasteiger partial charge in [-0.2, -0.15) is 4.31 Å². The minimum Gasteiger partial charge on any atom is -0.423 e. The fourth-order valence-electron chi connectivity index (χ4n) is 6.06. The lowest BCUT2D eigenvalue weighted by atomic mass is 10.0. The summed E-state index contributed by atoms with van der Waals surface area (Å²) < 4.78 is 79.4. The number of anilines is 1. The summed E-state index contributed by atoms with van der Waals surface area (Å²) in [6, 6.07) is -1.70. The van der Waals surface area contributed by atoms with Crippen LogP contribution in [0.4, 0.5) is 5.82 Å². The Morgan fingerprint density at radius 1 is 1.02 bits per heavy atom. The van der Waals surface area contributed by atoms with Gasteiger partial charge in [-0.25, -0.2) is 28.6 Å². The van der Waals surface area contributed by atoms with Crippen molar-refractivity contribution in [1.29, 1.82) is 0 Å². The van der Waals surface area contributed by atoms with Gasteiger partial charge in [0.25, 0.3) is 0 Å². The van der Waals surface area contributed by atoms with E-state index in [-0.39, 0.29) is 29.0 Å². The monoisotopic (exact) mass is 888 g/mol. The number of nitrogens with zero attached hydrogens (tertiary/aromatic N) is 5. The molecule has 6 heterocycles. The number of esters is 2. The van der Waals surface area contributed by atoms with Gasteiger partial charge in [0.05, 0.1) is 12.9 Å². The Morgan fingerprint density at radius 2 is 1.72 bits per heavy atom. The number of hydrogen-bond acceptors (Lipinski definition) is 23. The first kappa shape index (κ1) is 43.7. The molecule has 0 spiro atoms. The van der Waals surface area contributed by atoms with Crippen molar-refractivity contribution in [3.63, 3.8) is 0 Å². The predicted octanol–water partition coefficient (Wildman–Crippen LogP) is -3.71. The Hall–Kier alpha value is -3.83. The molecule has 320 valence electrons. The number of primary amides is 1. The van der Waals surface area contributed by atoms with E-state index in [1.807, 2.05) is 0 Å². The van der Waals surface area contributed by atoms with Gasteiger partial charge in [0.1, 0.15) is 42.8 Å². The number of phosphoric ester groups is 3. The van der Waals surface area contributed by atoms with Gasteiger partial charge >= 0.3 is 47.0 Å². The van der Waals surface area contributed by atoms with Gasteiger partial charge in [-0.05, 0) is 12.8 Å². The molecule has 0 bridgehead atoms. The van der Waals surface area contributed by atoms with E-state index in [9.17, 15) is 63.0 Å². The maximum atomic E-state index is 13.2. The number of allylic oxidation sites excluding steroid dienone is 1. The highest BCUT2D eigenvalue weighted by atomic mass is 31.3. The van der Waals surface area contributed by atoms with Gasteiger partial charge in [-0.1, -0.05) is 6.08 Å². The van der Waals surface area contributed by atoms with Crippen LogP contribution in [-0.2, 0) is 64.9 Å². The minimum atomic E-state index is -6.04. The molecule has 4 aliphatic rings. The number of aliphatic hydroxyl groups is 3. The standard InChI is InChI=1S/C26H35N8O21P3/c27-12-3-4-14(35)51-26(40)18(54-56(41,42)43)23(34-10-32-15-19(28)30-9-31-21(15)34)52-25(26,53-24(12)39)8-49-58(46,47)55-57(44,45)48-7-13-16(36)17(37)22(50-13)33-5-1-2-11(6-33)20(29)38/h1,5-6,9-10,12-13,16-18,22-23,36-37,40H,2-4,7-8,27H2,(H2,29,38)(H,44,45)(H,46,47)(H2,28,30,31)(H2,41,42,43)/t12-,13-,16?,17?,18+,22?,23-,25-,26+/m1/s1. The number of aromatic nitrogens is 4. The number of phosphoric acid groups is 3. The number of carbonyl (C=O) groups is 3. The first-order chi connectivity index (χ1) is 26.9. The topological polar surface area (TPSA) is 443 Å². The fraction of sp³-hybridized carbons (Fsp3) is 0.538. The normalized spacial score (nSPS) is 33.9. The fourth-order valence-corrected chi connectivity index (χ4v) is 8.69. The molecule has 13 N–H and O–H groups in total. The number of nitrogens with two attached hydrogens (primary N) is 3. The molecule has 32 heteroatoms. The zero-order chi connectivity index (χ0) is 42.6. The highest BCUT2D eigenvalue weighted by Crippen LogP contribution is 2.62. The van der Waals surface area contributed by atoms with Crippen molar-refractivity contribution < 1.29 is 99.8 Å². The highest BCUT2D eigenvalue weighted by molar-refractivity contribution is 7.61. The zero-order valence-electron chi connectivity index (χ0n) is 29.1. The number of nitrogen functional groups attached to an aromatic ring is 1. The van der Waals surface area contributed by atoms with Gasteiger partial charge in [0.2, 0.25) is 5.91 Å². The average molecular weight is 889 g/mol. The molecule has 58 heavy (non-hydrogen) atoms. The van der Waals surface area contributed by atoms with E-state index in [2.05, 4.69) is 19.3 Å². The molecule has 4 aliphatic heterocycles. The second kappa shape index (κ2) is 16.0. The SMILES string of the molecule is NC(=O)C1=CN(C2O[C@H](COP(=O)(O)OP(=O)(O)OC[C@@]34OC(=O)[C@H](N)CCC(=O)O[C@@]3(O)[C@@H](OP(=O)(O)O)[C@H](n3cnc5c(N)ncnc53)O4)C(O)C2O)C=CC1. The first-order valence-corrected chi connectivity index (χ1v) is 20.9. The quantitative estimate of drug-likeness (QED) is 0.0683. The molecule has 1 amide bonds. The van der Waals surface area contributed by atoms with Crippen LogP contribution in [0.3, 0.4) is 0 Å². The highest BCUT2D eigenvalue weighted by Gasteiger charge is 2.75. The van der Waals surface area contributed by atoms with E-state index in [1.165, 1.54) is 23.4 Å². The summed E-state index contributed by atoms with van der Waals surface area (Å²) in [6.07, 6.45) is -6.56. The van der Waals surface area contributed by atoms with Crippen molar-refractivity contribution in [1.82, 2.24) is 24.4 Å². The van der Waals surface area contributed by atoms with Crippen LogP contribution in [0.2, 0.25) is 0 Å². The van der Waals surface area contributed by atoms with Crippen LogP contribution in [0.5, 0.6) is 0 Å². The van der Waals surface area contributed by atoms with Crippen molar-refractivity contribution >= 4 is 58.3 Å². The summed E-state index contributed by atoms with van der Waals surface area (Å²) in [7, 11) is -17.6. The molecule has 3 fully saturated rings. The average Bonchev–Trinajstić information content (AvgIpc) is 3.76. The van der Waals surface area contributed by atoms with Crippen LogP contribution in [0.25, 0.3) is 11.2 Å². The van der Waals surface area contributed by atoms with Crippen LogP contribution in [0.1, 0.15) is 25.5 Å². The largest absolute Gasteiger partial charge is 0.481 e. The summed E-state index contributed by atoms with van der Waals surface area (Å²) in [5.74, 6) is -11.2. The van der Waals surface area contributed by atoms with E-state index in [0.29, 0.717) is 0 Å². The molecule has 6 rings (SSSR count). The lowest BCUT2D eigenvalue weighted by molar-refractivity contribution is -0.356. The Bertz CT molecular complexity index is 2170. The van der Waals surface area contributed by atoms with E-state index in [1.54, 1.807) is 0 Å². The molecule has 2 aromatic rings. The van der Waals surface area contributed by atoms with Crippen molar-refractivity contribution in [2.24, 2.45) is 11.5 Å². The second-order valence-electron chi connectivity index (χ2n) is 12.8. The van der Waals surface area contributed by atoms with Gasteiger partial charge in [0, 0.05) is 24.4 Å². The van der Waals surface area contributed by atoms with Gasteiger partial charge < -0.3 is 75.9 Å². The first-order valence-electron chi connectivity index (χ1n) is 16.3. The number of carbonyl (C=O) groups excluding carboxylic acids is 3. The summed E-state index contributed by atoms with van der Waals surface area (Å²) in [6.45, 7) is -2.94. The van der Waals surface area contributed by atoms with Crippen molar-refractivity contribution in [3.05, 3.63) is 36.7 Å². The Balaban J connectivity index is 1.26. The number of aliphatic hydroxyl groups excluding tert-OH is 2. The molecule has 0 aliphatic carbocycles. The minimum absolute atomic E-state index is 0.112. The molecular formula is C26H35N8O21P3. The molecule has 3 saturated heterocycles. The van der Waals surface area contributed by atoms with E-state index in [4.69, 9.17) is 49.7 Å². The lowest BCUT2D eigenvalue weighted by Crippen LogP contribution is -2.63. The molecule has 0 saturated carbocycles. The number of amides is 1. The molecule has 0 radical (unpaired) electrons. The third-order valence-electron chi connectivity index (χ3n) is 8.80. The molecule has 29 nitrogen and oxygen atoms in total. The van der Waals surface area contributed by atoms with Crippen LogP contribution in [-0.4, -0.2) is 139 Å². The third kappa shape index (κ3) is 8.86. The summed E-state index contributed by atoms with van der Waals surface area (Å²) in [5, 5.41) is 33.1.